The van der Waals surface area contributed by atoms with Crippen LogP contribution in [0.3, 0.4) is 0 Å². The topological polar surface area (TPSA) is 33.3 Å². The fraction of sp³-hybridized carbons (Fsp3) is 0.462. The van der Waals surface area contributed by atoms with Crippen LogP contribution in [0, 0.1) is 5.92 Å². The largest absolute Gasteiger partial charge is 0.358 e. The van der Waals surface area contributed by atoms with Crippen molar-refractivity contribution < 1.29 is 4.74 Å². The first kappa shape index (κ1) is 11.0. The van der Waals surface area contributed by atoms with Crippen molar-refractivity contribution in [2.75, 3.05) is 6.61 Å². The molecule has 0 aliphatic carbocycles. The van der Waals surface area contributed by atoms with Gasteiger partial charge in [0.15, 0.2) is 5.11 Å². The van der Waals surface area contributed by atoms with Crippen LogP contribution in [0.15, 0.2) is 30.3 Å². The second-order valence-corrected chi connectivity index (χ2v) is 5.01. The quantitative estimate of drug-likeness (QED) is 0.744. The fourth-order valence-corrected chi connectivity index (χ4v) is 2.95. The van der Waals surface area contributed by atoms with Gasteiger partial charge in [-0.05, 0) is 30.6 Å². The molecule has 1 aromatic carbocycles. The van der Waals surface area contributed by atoms with Gasteiger partial charge in [-0.2, -0.15) is 0 Å². The zero-order valence-electron chi connectivity index (χ0n) is 9.56. The third-order valence-electron chi connectivity index (χ3n) is 3.51. The summed E-state index contributed by atoms with van der Waals surface area (Å²) >= 11 is 5.25. The normalized spacial score (nSPS) is 32.2. The number of thiocarbonyl (C=S) groups is 1. The van der Waals surface area contributed by atoms with Crippen LogP contribution in [-0.2, 0) is 4.74 Å². The minimum atomic E-state index is 0.0720. The predicted octanol–water partition coefficient (Wildman–Crippen LogP) is 1.96. The maximum atomic E-state index is 5.77. The Balaban J connectivity index is 1.88. The molecule has 4 heteroatoms. The average molecular weight is 248 g/mol. The molecule has 2 heterocycles. The summed E-state index contributed by atoms with van der Waals surface area (Å²) in [7, 11) is 0. The van der Waals surface area contributed by atoms with Crippen molar-refractivity contribution in [2.45, 2.75) is 25.1 Å². The third-order valence-corrected chi connectivity index (χ3v) is 3.75. The minimum absolute atomic E-state index is 0.0720. The molecule has 90 valence electrons. The molecule has 0 radical (unpaired) electrons. The Labute approximate surface area is 107 Å². The van der Waals surface area contributed by atoms with E-state index in [0.29, 0.717) is 11.0 Å². The standard InChI is InChI=1S/C13H16N2OS/c17-13-14-11(9-5-2-1-3-6-9)10-7-4-8-16-12(10)15-13/h1-3,5-6,10-12H,4,7-8H2,(H2,14,15,17). The maximum absolute atomic E-state index is 5.77. The molecule has 3 rings (SSSR count). The van der Waals surface area contributed by atoms with E-state index in [1.807, 2.05) is 6.07 Å². The summed E-state index contributed by atoms with van der Waals surface area (Å²) in [6, 6.07) is 10.8. The summed E-state index contributed by atoms with van der Waals surface area (Å²) in [6.45, 7) is 0.832. The van der Waals surface area contributed by atoms with Gasteiger partial charge in [0.1, 0.15) is 6.23 Å². The summed E-state index contributed by atoms with van der Waals surface area (Å²) < 4.78 is 5.77. The van der Waals surface area contributed by atoms with Gasteiger partial charge in [0.2, 0.25) is 0 Å². The molecule has 0 aromatic heterocycles. The smallest absolute Gasteiger partial charge is 0.168 e. The molecule has 3 unspecified atom stereocenters. The number of hydrogen-bond acceptors (Lipinski definition) is 2. The van der Waals surface area contributed by atoms with Gasteiger partial charge in [0.05, 0.1) is 6.04 Å². The summed E-state index contributed by atoms with van der Waals surface area (Å²) in [5.41, 5.74) is 1.29. The van der Waals surface area contributed by atoms with Crippen LogP contribution >= 0.6 is 12.2 Å². The summed E-state index contributed by atoms with van der Waals surface area (Å²) in [5.74, 6) is 0.456. The Kier molecular flexibility index (Phi) is 2.99. The number of hydrogen-bond donors (Lipinski definition) is 2. The number of benzene rings is 1. The van der Waals surface area contributed by atoms with Gasteiger partial charge in [-0.1, -0.05) is 30.3 Å². The second kappa shape index (κ2) is 4.63. The first-order valence-electron chi connectivity index (χ1n) is 6.08. The van der Waals surface area contributed by atoms with Crippen molar-refractivity contribution >= 4 is 17.3 Å². The van der Waals surface area contributed by atoms with E-state index >= 15 is 0 Å². The van der Waals surface area contributed by atoms with Crippen molar-refractivity contribution in [3.63, 3.8) is 0 Å². The lowest BCUT2D eigenvalue weighted by atomic mass is 9.85. The molecule has 0 saturated carbocycles. The van der Waals surface area contributed by atoms with Gasteiger partial charge in [0.25, 0.3) is 0 Å². The molecule has 2 aliphatic rings. The monoisotopic (exact) mass is 248 g/mol. The summed E-state index contributed by atoms with van der Waals surface area (Å²) in [5, 5.41) is 7.28. The Morgan fingerprint density at radius 3 is 2.82 bits per heavy atom. The summed E-state index contributed by atoms with van der Waals surface area (Å²) in [6.07, 6.45) is 2.37. The average Bonchev–Trinajstić information content (AvgIpc) is 2.39. The van der Waals surface area contributed by atoms with E-state index in [0.717, 1.165) is 13.0 Å². The van der Waals surface area contributed by atoms with Crippen molar-refractivity contribution in [3.05, 3.63) is 35.9 Å². The SMILES string of the molecule is S=C1NC2OCCCC2C(c2ccccc2)N1. The summed E-state index contributed by atoms with van der Waals surface area (Å²) in [4.78, 5) is 0. The Bertz CT molecular complexity index is 409. The highest BCUT2D eigenvalue weighted by Crippen LogP contribution is 2.34. The number of rotatable bonds is 1. The molecule has 3 nitrogen and oxygen atoms in total. The third kappa shape index (κ3) is 2.15. The molecule has 0 bridgehead atoms. The molecule has 2 N–H and O–H groups in total. The number of ether oxygens (including phenoxy) is 1. The zero-order valence-corrected chi connectivity index (χ0v) is 10.4. The molecule has 2 aliphatic heterocycles. The van der Waals surface area contributed by atoms with Gasteiger partial charge >= 0.3 is 0 Å². The minimum Gasteiger partial charge on any atom is -0.358 e. The molecule has 2 fully saturated rings. The van der Waals surface area contributed by atoms with Gasteiger partial charge in [0, 0.05) is 12.5 Å². The van der Waals surface area contributed by atoms with Crippen LogP contribution in [0.1, 0.15) is 24.4 Å². The Morgan fingerprint density at radius 2 is 2.00 bits per heavy atom. The van der Waals surface area contributed by atoms with Gasteiger partial charge in [-0.15, -0.1) is 0 Å². The molecule has 1 aromatic rings. The van der Waals surface area contributed by atoms with Crippen molar-refractivity contribution in [3.8, 4) is 0 Å². The highest BCUT2D eigenvalue weighted by Gasteiger charge is 2.38. The van der Waals surface area contributed by atoms with Crippen LogP contribution in [0.5, 0.6) is 0 Å². The lowest BCUT2D eigenvalue weighted by molar-refractivity contribution is -0.0536. The van der Waals surface area contributed by atoms with Crippen molar-refractivity contribution in [1.29, 1.82) is 0 Å². The highest BCUT2D eigenvalue weighted by molar-refractivity contribution is 7.80. The van der Waals surface area contributed by atoms with Crippen LogP contribution in [0.2, 0.25) is 0 Å². The number of fused-ring (bicyclic) bond motifs is 1. The number of nitrogens with one attached hydrogen (secondary N) is 2. The lowest BCUT2D eigenvalue weighted by Crippen LogP contribution is -2.58. The van der Waals surface area contributed by atoms with E-state index in [2.05, 4.69) is 34.9 Å². The predicted molar refractivity (Wildman–Crippen MR) is 70.5 cm³/mol. The molecular weight excluding hydrogens is 232 g/mol. The second-order valence-electron chi connectivity index (χ2n) is 4.60. The first-order valence-corrected chi connectivity index (χ1v) is 6.49. The van der Waals surface area contributed by atoms with Gasteiger partial charge < -0.3 is 15.4 Å². The molecule has 3 atom stereocenters. The van der Waals surface area contributed by atoms with E-state index in [1.165, 1.54) is 12.0 Å². The van der Waals surface area contributed by atoms with E-state index in [4.69, 9.17) is 17.0 Å². The molecule has 2 saturated heterocycles. The van der Waals surface area contributed by atoms with Gasteiger partial charge in [-0.3, -0.25) is 0 Å². The molecule has 0 amide bonds. The molecule has 17 heavy (non-hydrogen) atoms. The van der Waals surface area contributed by atoms with Crippen LogP contribution < -0.4 is 10.6 Å². The Morgan fingerprint density at radius 1 is 1.18 bits per heavy atom. The van der Waals surface area contributed by atoms with E-state index in [-0.39, 0.29) is 12.3 Å². The van der Waals surface area contributed by atoms with E-state index in [9.17, 15) is 0 Å². The van der Waals surface area contributed by atoms with Crippen molar-refractivity contribution in [2.24, 2.45) is 5.92 Å². The maximum Gasteiger partial charge on any atom is 0.168 e. The first-order chi connectivity index (χ1) is 8.34. The van der Waals surface area contributed by atoms with E-state index in [1.54, 1.807) is 0 Å². The molecule has 0 spiro atoms. The van der Waals surface area contributed by atoms with Crippen LogP contribution in [0.4, 0.5) is 0 Å². The van der Waals surface area contributed by atoms with E-state index < -0.39 is 0 Å². The lowest BCUT2D eigenvalue weighted by Gasteiger charge is -2.43. The highest BCUT2D eigenvalue weighted by atomic mass is 32.1. The molecular formula is C13H16N2OS. The van der Waals surface area contributed by atoms with Gasteiger partial charge in [-0.25, -0.2) is 0 Å². The van der Waals surface area contributed by atoms with Crippen LogP contribution in [-0.4, -0.2) is 17.9 Å². The zero-order chi connectivity index (χ0) is 11.7. The van der Waals surface area contributed by atoms with Crippen molar-refractivity contribution in [1.82, 2.24) is 10.6 Å². The Hall–Kier alpha value is -1.13. The van der Waals surface area contributed by atoms with Crippen LogP contribution in [0.25, 0.3) is 0 Å². The fourth-order valence-electron chi connectivity index (χ4n) is 2.70.